The Labute approximate surface area is 182 Å². The van der Waals surface area contributed by atoms with Gasteiger partial charge in [-0.1, -0.05) is 0 Å². The van der Waals surface area contributed by atoms with Crippen molar-refractivity contribution in [3.05, 3.63) is 24.5 Å². The van der Waals surface area contributed by atoms with E-state index in [-0.39, 0.29) is 5.69 Å². The molecular weight excluding hydrogens is 402 g/mol. The third-order valence-electron chi connectivity index (χ3n) is 3.51. The van der Waals surface area contributed by atoms with E-state index in [1.165, 1.54) is 17.0 Å². The van der Waals surface area contributed by atoms with Crippen LogP contribution in [0.3, 0.4) is 0 Å². The number of hydrogen-bond donors (Lipinski definition) is 0. The van der Waals surface area contributed by atoms with Crippen LogP contribution >= 0.6 is 0 Å². The molecule has 0 aliphatic heterocycles. The quantitative estimate of drug-likeness (QED) is 0.548. The molecule has 0 bridgehead atoms. The largest absolute Gasteiger partial charge is 0.443 e. The lowest BCUT2D eigenvalue weighted by atomic mass is 10.2. The molecule has 170 valence electrons. The van der Waals surface area contributed by atoms with Crippen molar-refractivity contribution in [1.82, 2.24) is 9.55 Å². The SMILES string of the molecule is CC(C)(C)OC(=O)N(C(=O)OC(C)(C)C)c1cnc2c(ccn2C(=O)OC(C)(C)C)c1. The van der Waals surface area contributed by atoms with Gasteiger partial charge in [0.05, 0.1) is 11.9 Å². The molecule has 0 spiro atoms. The second-order valence-corrected chi connectivity index (χ2v) is 10.1. The number of imide groups is 1. The fraction of sp³-hybridized carbons (Fsp3) is 0.545. The van der Waals surface area contributed by atoms with Gasteiger partial charge in [0.2, 0.25) is 0 Å². The molecular formula is C22H31N3O6. The van der Waals surface area contributed by atoms with Gasteiger partial charge in [0.25, 0.3) is 0 Å². The van der Waals surface area contributed by atoms with Crippen molar-refractivity contribution in [3.8, 4) is 0 Å². The second kappa shape index (κ2) is 8.20. The molecule has 0 atom stereocenters. The highest BCUT2D eigenvalue weighted by Crippen LogP contribution is 2.25. The second-order valence-electron chi connectivity index (χ2n) is 10.1. The van der Waals surface area contributed by atoms with E-state index in [1.54, 1.807) is 74.4 Å². The first-order chi connectivity index (χ1) is 14.0. The zero-order chi connectivity index (χ0) is 23.8. The Morgan fingerprint density at radius 3 is 1.77 bits per heavy atom. The van der Waals surface area contributed by atoms with E-state index >= 15 is 0 Å². The van der Waals surface area contributed by atoms with Gasteiger partial charge in [-0.05, 0) is 74.4 Å². The Bertz CT molecular complexity index is 961. The average Bonchev–Trinajstić information content (AvgIpc) is 2.93. The molecule has 0 saturated heterocycles. The number of hydrogen-bond acceptors (Lipinski definition) is 7. The van der Waals surface area contributed by atoms with Crippen LogP contribution in [0.25, 0.3) is 11.0 Å². The van der Waals surface area contributed by atoms with Gasteiger partial charge in [-0.15, -0.1) is 0 Å². The number of nitrogens with zero attached hydrogens (tertiary/aromatic N) is 3. The zero-order valence-electron chi connectivity index (χ0n) is 19.6. The average molecular weight is 434 g/mol. The number of aromatic nitrogens is 2. The lowest BCUT2D eigenvalue weighted by Gasteiger charge is -2.28. The van der Waals surface area contributed by atoms with E-state index in [0.29, 0.717) is 11.0 Å². The first-order valence-electron chi connectivity index (χ1n) is 9.93. The molecule has 2 aromatic heterocycles. The van der Waals surface area contributed by atoms with E-state index < -0.39 is 35.1 Å². The lowest BCUT2D eigenvalue weighted by Crippen LogP contribution is -2.43. The van der Waals surface area contributed by atoms with Crippen LogP contribution in [-0.4, -0.2) is 44.6 Å². The van der Waals surface area contributed by atoms with Crippen molar-refractivity contribution in [3.63, 3.8) is 0 Å². The van der Waals surface area contributed by atoms with Gasteiger partial charge in [0.1, 0.15) is 22.5 Å². The number of ether oxygens (including phenoxy) is 3. The summed E-state index contributed by atoms with van der Waals surface area (Å²) in [4.78, 5) is 43.1. The maximum atomic E-state index is 12.8. The van der Waals surface area contributed by atoms with E-state index in [1.807, 2.05) is 0 Å². The van der Waals surface area contributed by atoms with Crippen molar-refractivity contribution in [2.75, 3.05) is 4.90 Å². The van der Waals surface area contributed by atoms with Crippen LogP contribution in [0.1, 0.15) is 62.3 Å². The van der Waals surface area contributed by atoms with Crippen molar-refractivity contribution in [1.29, 1.82) is 0 Å². The van der Waals surface area contributed by atoms with E-state index in [0.717, 1.165) is 4.90 Å². The third-order valence-corrected chi connectivity index (χ3v) is 3.51. The molecule has 0 unspecified atom stereocenters. The van der Waals surface area contributed by atoms with Crippen LogP contribution < -0.4 is 4.90 Å². The standard InChI is InChI=1S/C22H31N3O6/c1-20(2,3)29-17(26)24-11-10-14-12-15(13-23-16(14)24)25(18(27)30-21(4,5)6)19(28)31-22(7,8)9/h10-13H,1-9H3. The Hall–Kier alpha value is -3.10. The number of carbonyl (C=O) groups excluding carboxylic acids is 3. The van der Waals surface area contributed by atoms with Crippen LogP contribution in [0.5, 0.6) is 0 Å². The van der Waals surface area contributed by atoms with E-state index in [2.05, 4.69) is 4.98 Å². The summed E-state index contributed by atoms with van der Waals surface area (Å²) < 4.78 is 17.4. The van der Waals surface area contributed by atoms with Crippen LogP contribution in [0, 0.1) is 0 Å². The first-order valence-corrected chi connectivity index (χ1v) is 9.93. The molecule has 0 radical (unpaired) electrons. The van der Waals surface area contributed by atoms with Gasteiger partial charge < -0.3 is 14.2 Å². The van der Waals surface area contributed by atoms with Gasteiger partial charge in [0, 0.05) is 11.6 Å². The normalized spacial score (nSPS) is 12.4. The topological polar surface area (TPSA) is 100.0 Å². The molecule has 2 heterocycles. The fourth-order valence-corrected chi connectivity index (χ4v) is 2.49. The molecule has 9 nitrogen and oxygen atoms in total. The number of rotatable bonds is 1. The lowest BCUT2D eigenvalue weighted by molar-refractivity contribution is 0.0428. The molecule has 2 aromatic rings. The minimum atomic E-state index is -0.894. The molecule has 0 saturated carbocycles. The summed E-state index contributed by atoms with van der Waals surface area (Å²) in [5, 5.41) is 0.528. The van der Waals surface area contributed by atoms with Gasteiger partial charge in [-0.2, -0.15) is 4.90 Å². The summed E-state index contributed by atoms with van der Waals surface area (Å²) in [5.41, 5.74) is -1.84. The number of amides is 2. The van der Waals surface area contributed by atoms with E-state index in [9.17, 15) is 14.4 Å². The minimum Gasteiger partial charge on any atom is -0.443 e. The summed E-state index contributed by atoms with van der Waals surface area (Å²) in [6, 6.07) is 3.19. The predicted molar refractivity (Wildman–Crippen MR) is 116 cm³/mol. The van der Waals surface area contributed by atoms with Gasteiger partial charge >= 0.3 is 18.3 Å². The third kappa shape index (κ3) is 6.70. The molecule has 0 aromatic carbocycles. The smallest absolute Gasteiger partial charge is 0.424 e. The molecule has 2 amide bonds. The van der Waals surface area contributed by atoms with Gasteiger partial charge in [-0.25, -0.2) is 23.9 Å². The maximum Gasteiger partial charge on any atom is 0.424 e. The molecule has 0 fully saturated rings. The molecule has 0 aliphatic rings. The van der Waals surface area contributed by atoms with Crippen LogP contribution in [-0.2, 0) is 14.2 Å². The molecule has 31 heavy (non-hydrogen) atoms. The summed E-state index contributed by atoms with van der Waals surface area (Å²) in [7, 11) is 0. The summed E-state index contributed by atoms with van der Waals surface area (Å²) in [5.74, 6) is 0. The number of pyridine rings is 1. The number of anilines is 1. The van der Waals surface area contributed by atoms with Gasteiger partial charge in [0.15, 0.2) is 0 Å². The highest BCUT2D eigenvalue weighted by Gasteiger charge is 2.33. The monoisotopic (exact) mass is 433 g/mol. The van der Waals surface area contributed by atoms with Crippen molar-refractivity contribution in [2.45, 2.75) is 79.1 Å². The van der Waals surface area contributed by atoms with Gasteiger partial charge in [-0.3, -0.25) is 0 Å². The molecule has 2 rings (SSSR count). The van der Waals surface area contributed by atoms with Crippen molar-refractivity contribution < 1.29 is 28.6 Å². The Morgan fingerprint density at radius 1 is 0.839 bits per heavy atom. The summed E-state index contributed by atoms with van der Waals surface area (Å²) >= 11 is 0. The first kappa shape index (κ1) is 24.2. The van der Waals surface area contributed by atoms with Crippen molar-refractivity contribution in [2.24, 2.45) is 0 Å². The van der Waals surface area contributed by atoms with Crippen LogP contribution in [0.4, 0.5) is 20.1 Å². The molecule has 9 heteroatoms. The summed E-state index contributed by atoms with van der Waals surface area (Å²) in [6.45, 7) is 15.5. The van der Waals surface area contributed by atoms with Crippen LogP contribution in [0.2, 0.25) is 0 Å². The number of fused-ring (bicyclic) bond motifs is 1. The predicted octanol–water partition coefficient (Wildman–Crippen LogP) is 5.50. The Balaban J connectivity index is 2.46. The molecule has 0 aliphatic carbocycles. The van der Waals surface area contributed by atoms with E-state index in [4.69, 9.17) is 14.2 Å². The summed E-state index contributed by atoms with van der Waals surface area (Å²) in [6.07, 6.45) is 0.445. The highest BCUT2D eigenvalue weighted by molar-refractivity contribution is 6.10. The maximum absolute atomic E-state index is 12.8. The minimum absolute atomic E-state index is 0.151. The fourth-order valence-electron chi connectivity index (χ4n) is 2.49. The van der Waals surface area contributed by atoms with Crippen LogP contribution in [0.15, 0.2) is 24.5 Å². The highest BCUT2D eigenvalue weighted by atomic mass is 16.6. The zero-order valence-corrected chi connectivity index (χ0v) is 19.6. The Morgan fingerprint density at radius 2 is 1.32 bits per heavy atom. The number of carbonyl (C=O) groups is 3. The molecule has 0 N–H and O–H groups in total. The van der Waals surface area contributed by atoms with Crippen molar-refractivity contribution >= 4 is 35.0 Å². The Kier molecular flexibility index (Phi) is 6.40.